The lowest BCUT2D eigenvalue weighted by Crippen LogP contribution is -2.35. The Balaban J connectivity index is 2.15. The quantitative estimate of drug-likeness (QED) is 0.394. The van der Waals surface area contributed by atoms with Gasteiger partial charge in [-0.05, 0) is 24.3 Å². The number of para-hydroxylation sites is 1. The van der Waals surface area contributed by atoms with Crippen LogP contribution in [0, 0.1) is 0 Å². The number of benzene rings is 2. The molecule has 0 aromatic heterocycles. The first kappa shape index (κ1) is 23.1. The Kier molecular flexibility index (Phi) is 8.43. The minimum absolute atomic E-state index is 0.00816. The van der Waals surface area contributed by atoms with E-state index in [-0.39, 0.29) is 29.0 Å². The van der Waals surface area contributed by atoms with Gasteiger partial charge in [-0.15, -0.1) is 0 Å². The number of ether oxygens (including phenoxy) is 4. The summed E-state index contributed by atoms with van der Waals surface area (Å²) in [5.41, 5.74) is -1.02. The molecule has 10 heteroatoms. The number of methoxy groups -OCH3 is 1. The minimum atomic E-state index is -4.62. The van der Waals surface area contributed by atoms with Gasteiger partial charge in [0.2, 0.25) is 6.10 Å². The van der Waals surface area contributed by atoms with Crippen LogP contribution >= 0.6 is 23.2 Å². The predicted molar refractivity (Wildman–Crippen MR) is 101 cm³/mol. The van der Waals surface area contributed by atoms with Crippen LogP contribution in [0.25, 0.3) is 0 Å². The molecule has 0 fully saturated rings. The van der Waals surface area contributed by atoms with Crippen LogP contribution in [0.5, 0.6) is 11.5 Å². The molecule has 0 N–H and O–H groups in total. The van der Waals surface area contributed by atoms with Gasteiger partial charge < -0.3 is 18.9 Å². The van der Waals surface area contributed by atoms with Crippen molar-refractivity contribution < 1.29 is 36.9 Å². The zero-order valence-electron chi connectivity index (χ0n) is 15.2. The highest BCUT2D eigenvalue weighted by Crippen LogP contribution is 2.40. The van der Waals surface area contributed by atoms with Crippen molar-refractivity contribution in [2.45, 2.75) is 12.3 Å². The smallest absolute Gasteiger partial charge is 0.416 e. The van der Waals surface area contributed by atoms with Crippen molar-refractivity contribution in [3.63, 3.8) is 0 Å². The Morgan fingerprint density at radius 1 is 1.07 bits per heavy atom. The molecule has 158 valence electrons. The van der Waals surface area contributed by atoms with Crippen LogP contribution < -0.4 is 9.47 Å². The normalized spacial score (nSPS) is 12.3. The Bertz CT molecular complexity index is 792. The Hall–Kier alpha value is -2.16. The standard InChI is InChI=1S/C19H17Cl2F3O5/c1-26-7-8-27-18(25)16(29-13-5-3-2-4-6-13)11-28-17-14(20)9-12(10-15(17)21)19(22,23)24/h2-6,9-10,16H,7-8,11H2,1H3. The Morgan fingerprint density at radius 3 is 2.24 bits per heavy atom. The first-order valence-electron chi connectivity index (χ1n) is 8.28. The third-order valence-corrected chi connectivity index (χ3v) is 4.08. The fourth-order valence-corrected chi connectivity index (χ4v) is 2.75. The van der Waals surface area contributed by atoms with Crippen molar-refractivity contribution in [2.24, 2.45) is 0 Å². The maximum absolute atomic E-state index is 12.8. The van der Waals surface area contributed by atoms with Gasteiger partial charge in [0.15, 0.2) is 5.75 Å². The van der Waals surface area contributed by atoms with Crippen LogP contribution in [0.2, 0.25) is 10.0 Å². The van der Waals surface area contributed by atoms with E-state index in [2.05, 4.69) is 0 Å². The number of alkyl halides is 3. The van der Waals surface area contributed by atoms with E-state index in [0.717, 1.165) is 0 Å². The highest BCUT2D eigenvalue weighted by molar-refractivity contribution is 6.37. The first-order valence-corrected chi connectivity index (χ1v) is 9.04. The molecule has 0 bridgehead atoms. The summed E-state index contributed by atoms with van der Waals surface area (Å²) in [6.45, 7) is -0.224. The summed E-state index contributed by atoms with van der Waals surface area (Å²) in [7, 11) is 1.45. The minimum Gasteiger partial charge on any atom is -0.486 e. The van der Waals surface area contributed by atoms with Gasteiger partial charge in [-0.25, -0.2) is 4.79 Å². The van der Waals surface area contributed by atoms with Crippen molar-refractivity contribution in [1.82, 2.24) is 0 Å². The number of carbonyl (C=O) groups excluding carboxylic acids is 1. The molecular formula is C19H17Cl2F3O5. The van der Waals surface area contributed by atoms with E-state index < -0.39 is 30.4 Å². The zero-order valence-corrected chi connectivity index (χ0v) is 16.7. The van der Waals surface area contributed by atoms with Crippen molar-refractivity contribution in [2.75, 3.05) is 26.9 Å². The summed E-state index contributed by atoms with van der Waals surface area (Å²) in [6, 6.07) is 9.78. The van der Waals surface area contributed by atoms with E-state index in [0.29, 0.717) is 17.9 Å². The number of esters is 1. The summed E-state index contributed by atoms with van der Waals surface area (Å²) in [6.07, 6.45) is -5.83. The van der Waals surface area contributed by atoms with E-state index >= 15 is 0 Å². The molecular weight excluding hydrogens is 436 g/mol. The lowest BCUT2D eigenvalue weighted by atomic mass is 10.2. The molecule has 0 heterocycles. The van der Waals surface area contributed by atoms with Gasteiger partial charge in [0.05, 0.1) is 22.2 Å². The highest BCUT2D eigenvalue weighted by atomic mass is 35.5. The largest absolute Gasteiger partial charge is 0.486 e. The lowest BCUT2D eigenvalue weighted by Gasteiger charge is -2.20. The van der Waals surface area contributed by atoms with Gasteiger partial charge in [0, 0.05) is 7.11 Å². The van der Waals surface area contributed by atoms with Crippen molar-refractivity contribution in [3.8, 4) is 11.5 Å². The Morgan fingerprint density at radius 2 is 1.69 bits per heavy atom. The number of halogens is 5. The monoisotopic (exact) mass is 452 g/mol. The summed E-state index contributed by atoms with van der Waals surface area (Å²) in [5, 5.41) is -0.702. The van der Waals surface area contributed by atoms with Gasteiger partial charge in [0.25, 0.3) is 0 Å². The molecule has 5 nitrogen and oxygen atoms in total. The molecule has 0 aliphatic heterocycles. The number of rotatable bonds is 9. The van der Waals surface area contributed by atoms with Crippen LogP contribution in [0.3, 0.4) is 0 Å². The molecule has 0 aliphatic carbocycles. The second-order valence-electron chi connectivity index (χ2n) is 5.66. The van der Waals surface area contributed by atoms with Crippen LogP contribution in [0.4, 0.5) is 13.2 Å². The molecule has 0 saturated carbocycles. The van der Waals surface area contributed by atoms with Crippen LogP contribution in [-0.2, 0) is 20.4 Å². The fourth-order valence-electron chi connectivity index (χ4n) is 2.15. The van der Waals surface area contributed by atoms with Gasteiger partial charge in [-0.2, -0.15) is 13.2 Å². The molecule has 0 amide bonds. The van der Waals surface area contributed by atoms with Crippen molar-refractivity contribution >= 4 is 29.2 Å². The fraction of sp³-hybridized carbons (Fsp3) is 0.316. The molecule has 0 spiro atoms. The van der Waals surface area contributed by atoms with E-state index in [4.69, 9.17) is 42.1 Å². The molecule has 29 heavy (non-hydrogen) atoms. The molecule has 2 aromatic carbocycles. The third kappa shape index (κ3) is 6.99. The number of hydrogen-bond acceptors (Lipinski definition) is 5. The summed E-state index contributed by atoms with van der Waals surface area (Å²) in [4.78, 5) is 12.3. The van der Waals surface area contributed by atoms with Crippen molar-refractivity contribution in [3.05, 3.63) is 58.1 Å². The van der Waals surface area contributed by atoms with E-state index in [9.17, 15) is 18.0 Å². The molecule has 1 atom stereocenters. The molecule has 0 aliphatic rings. The second kappa shape index (κ2) is 10.6. The van der Waals surface area contributed by atoms with Gasteiger partial charge in [-0.3, -0.25) is 0 Å². The highest BCUT2D eigenvalue weighted by Gasteiger charge is 2.32. The summed E-state index contributed by atoms with van der Waals surface area (Å²) < 4.78 is 59.4. The van der Waals surface area contributed by atoms with Crippen molar-refractivity contribution in [1.29, 1.82) is 0 Å². The average Bonchev–Trinajstić information content (AvgIpc) is 2.66. The Labute approximate surface area is 175 Å². The topological polar surface area (TPSA) is 54.0 Å². The molecule has 1 unspecified atom stereocenters. The van der Waals surface area contributed by atoms with Gasteiger partial charge >= 0.3 is 12.1 Å². The van der Waals surface area contributed by atoms with Crippen LogP contribution in [-0.4, -0.2) is 39.0 Å². The molecule has 2 rings (SSSR count). The molecule has 0 radical (unpaired) electrons. The maximum Gasteiger partial charge on any atom is 0.416 e. The third-order valence-electron chi connectivity index (χ3n) is 3.52. The molecule has 2 aromatic rings. The number of hydrogen-bond donors (Lipinski definition) is 0. The van der Waals surface area contributed by atoms with E-state index in [1.165, 1.54) is 7.11 Å². The van der Waals surface area contributed by atoms with Crippen LogP contribution in [0.15, 0.2) is 42.5 Å². The van der Waals surface area contributed by atoms with E-state index in [1.807, 2.05) is 0 Å². The van der Waals surface area contributed by atoms with Gasteiger partial charge in [-0.1, -0.05) is 41.4 Å². The van der Waals surface area contributed by atoms with Gasteiger partial charge in [0.1, 0.15) is 19.0 Å². The lowest BCUT2D eigenvalue weighted by molar-refractivity contribution is -0.154. The average molecular weight is 453 g/mol. The maximum atomic E-state index is 12.8. The molecule has 0 saturated heterocycles. The number of carbonyl (C=O) groups is 1. The predicted octanol–water partition coefficient (Wildman–Crippen LogP) is 5.03. The van der Waals surface area contributed by atoms with E-state index in [1.54, 1.807) is 30.3 Å². The SMILES string of the molecule is COCCOC(=O)C(COc1c(Cl)cc(C(F)(F)F)cc1Cl)Oc1ccccc1. The summed E-state index contributed by atoms with van der Waals surface area (Å²) in [5.74, 6) is -0.577. The summed E-state index contributed by atoms with van der Waals surface area (Å²) >= 11 is 11.8. The van der Waals surface area contributed by atoms with Crippen LogP contribution in [0.1, 0.15) is 5.56 Å². The zero-order chi connectivity index (χ0) is 21.4. The first-order chi connectivity index (χ1) is 13.7. The second-order valence-corrected chi connectivity index (χ2v) is 6.47.